The number of nitrogens with one attached hydrogen (secondary N) is 3. The molecular formula is C28H31N5O2S. The highest BCUT2D eigenvalue weighted by Gasteiger charge is 2.24. The largest absolute Gasteiger partial charge is 0.351 e. The van der Waals surface area contributed by atoms with Gasteiger partial charge in [-0.25, -0.2) is 18.1 Å². The Morgan fingerprint density at radius 1 is 0.833 bits per heavy atom. The van der Waals surface area contributed by atoms with Gasteiger partial charge in [-0.1, -0.05) is 48.0 Å². The summed E-state index contributed by atoms with van der Waals surface area (Å²) in [4.78, 5) is 9.85. The van der Waals surface area contributed by atoms with Gasteiger partial charge in [-0.05, 0) is 74.9 Å². The van der Waals surface area contributed by atoms with Crippen LogP contribution in [0.25, 0.3) is 10.9 Å². The molecule has 3 aromatic carbocycles. The van der Waals surface area contributed by atoms with Crippen LogP contribution in [0.1, 0.15) is 31.2 Å². The van der Waals surface area contributed by atoms with E-state index in [1.807, 2.05) is 73.7 Å². The average molecular weight is 502 g/mol. The maximum atomic E-state index is 12.6. The maximum absolute atomic E-state index is 12.6. The molecule has 3 N–H and O–H groups in total. The highest BCUT2D eigenvalue weighted by Crippen LogP contribution is 2.29. The summed E-state index contributed by atoms with van der Waals surface area (Å²) in [6.45, 7) is 2.40. The Morgan fingerprint density at radius 2 is 1.53 bits per heavy atom. The quantitative estimate of drug-likeness (QED) is 0.290. The van der Waals surface area contributed by atoms with Crippen molar-refractivity contribution in [1.82, 2.24) is 14.7 Å². The molecule has 1 heterocycles. The summed E-state index contributed by atoms with van der Waals surface area (Å²) >= 11 is 0. The number of benzene rings is 3. The van der Waals surface area contributed by atoms with Crippen molar-refractivity contribution in [2.75, 3.05) is 17.2 Å². The normalized spacial score (nSPS) is 18.1. The van der Waals surface area contributed by atoms with E-state index in [-0.39, 0.29) is 6.04 Å². The Balaban J connectivity index is 1.20. The molecule has 186 valence electrons. The van der Waals surface area contributed by atoms with Crippen LogP contribution in [-0.4, -0.2) is 31.0 Å². The van der Waals surface area contributed by atoms with E-state index in [4.69, 9.17) is 9.97 Å². The molecule has 0 unspecified atom stereocenters. The summed E-state index contributed by atoms with van der Waals surface area (Å²) in [5.41, 5.74) is 2.90. The van der Waals surface area contributed by atoms with Crippen LogP contribution in [0, 0.1) is 12.8 Å². The van der Waals surface area contributed by atoms with Crippen LogP contribution in [0.3, 0.4) is 0 Å². The molecular weight excluding hydrogens is 470 g/mol. The van der Waals surface area contributed by atoms with Crippen molar-refractivity contribution >= 4 is 38.4 Å². The van der Waals surface area contributed by atoms with Crippen molar-refractivity contribution in [2.45, 2.75) is 43.5 Å². The summed E-state index contributed by atoms with van der Waals surface area (Å²) in [7, 11) is -3.48. The van der Waals surface area contributed by atoms with Crippen molar-refractivity contribution in [2.24, 2.45) is 5.92 Å². The molecule has 0 aliphatic heterocycles. The fourth-order valence-corrected chi connectivity index (χ4v) is 5.73. The van der Waals surface area contributed by atoms with Gasteiger partial charge in [0.25, 0.3) is 0 Å². The zero-order valence-corrected chi connectivity index (χ0v) is 21.1. The van der Waals surface area contributed by atoms with Crippen LogP contribution < -0.4 is 15.4 Å². The fourth-order valence-electron chi connectivity index (χ4n) is 4.62. The number of hydrogen-bond acceptors (Lipinski definition) is 6. The van der Waals surface area contributed by atoms with E-state index in [0.29, 0.717) is 23.3 Å². The molecule has 8 heteroatoms. The minimum atomic E-state index is -3.48. The van der Waals surface area contributed by atoms with Gasteiger partial charge in [0, 0.05) is 23.7 Å². The monoisotopic (exact) mass is 501 g/mol. The van der Waals surface area contributed by atoms with E-state index in [1.165, 1.54) is 0 Å². The third kappa shape index (κ3) is 5.83. The van der Waals surface area contributed by atoms with Crippen LogP contribution in [0.4, 0.5) is 17.5 Å². The van der Waals surface area contributed by atoms with E-state index in [2.05, 4.69) is 15.4 Å². The molecule has 1 aliphatic rings. The second-order valence-corrected chi connectivity index (χ2v) is 11.2. The van der Waals surface area contributed by atoms with E-state index >= 15 is 0 Å². The molecule has 0 saturated heterocycles. The van der Waals surface area contributed by atoms with Crippen molar-refractivity contribution < 1.29 is 8.42 Å². The molecule has 36 heavy (non-hydrogen) atoms. The lowest BCUT2D eigenvalue weighted by atomic mass is 9.86. The van der Waals surface area contributed by atoms with Crippen molar-refractivity contribution in [3.8, 4) is 0 Å². The first-order valence-corrected chi connectivity index (χ1v) is 13.9. The number of hydrogen-bond donors (Lipinski definition) is 3. The maximum Gasteiger partial charge on any atom is 0.240 e. The van der Waals surface area contributed by atoms with Crippen molar-refractivity contribution in [3.05, 3.63) is 84.4 Å². The van der Waals surface area contributed by atoms with Crippen molar-refractivity contribution in [1.29, 1.82) is 0 Å². The number of nitrogens with zero attached hydrogens (tertiary/aromatic N) is 2. The Hall–Kier alpha value is -3.49. The number of fused-ring (bicyclic) bond motifs is 1. The Kier molecular flexibility index (Phi) is 7.16. The summed E-state index contributed by atoms with van der Waals surface area (Å²) in [6.07, 6.45) is 3.76. The fraction of sp³-hybridized carbons (Fsp3) is 0.286. The van der Waals surface area contributed by atoms with Crippen LogP contribution in [-0.2, 0) is 10.0 Å². The number of sulfonamides is 1. The van der Waals surface area contributed by atoms with Gasteiger partial charge in [0.2, 0.25) is 16.0 Å². The Morgan fingerprint density at radius 3 is 2.28 bits per heavy atom. The molecule has 0 amide bonds. The van der Waals surface area contributed by atoms with E-state index in [1.54, 1.807) is 12.1 Å². The van der Waals surface area contributed by atoms with Gasteiger partial charge >= 0.3 is 0 Å². The predicted octanol–water partition coefficient (Wildman–Crippen LogP) is 5.63. The first-order chi connectivity index (χ1) is 17.5. The van der Waals surface area contributed by atoms with Crippen LogP contribution in [0.15, 0.2) is 83.8 Å². The molecule has 1 saturated carbocycles. The number of rotatable bonds is 8. The predicted molar refractivity (Wildman–Crippen MR) is 145 cm³/mol. The first kappa shape index (κ1) is 24.2. The molecule has 1 aliphatic carbocycles. The van der Waals surface area contributed by atoms with Gasteiger partial charge in [0.05, 0.1) is 10.4 Å². The van der Waals surface area contributed by atoms with E-state index in [9.17, 15) is 8.42 Å². The Bertz CT molecular complexity index is 1420. The summed E-state index contributed by atoms with van der Waals surface area (Å²) < 4.78 is 28.0. The zero-order valence-electron chi connectivity index (χ0n) is 20.3. The number of para-hydroxylation sites is 2. The third-order valence-corrected chi connectivity index (χ3v) is 8.15. The highest BCUT2D eigenvalue weighted by atomic mass is 32.2. The molecule has 5 rings (SSSR count). The van der Waals surface area contributed by atoms with Gasteiger partial charge in [0.15, 0.2) is 0 Å². The number of anilines is 3. The average Bonchev–Trinajstić information content (AvgIpc) is 2.89. The van der Waals surface area contributed by atoms with Crippen molar-refractivity contribution in [3.63, 3.8) is 0 Å². The molecule has 0 spiro atoms. The minimum Gasteiger partial charge on any atom is -0.351 e. The topological polar surface area (TPSA) is 96.0 Å². The number of aromatic nitrogens is 2. The second-order valence-electron chi connectivity index (χ2n) is 9.43. The number of aryl methyl sites for hydroxylation is 1. The third-order valence-electron chi connectivity index (χ3n) is 6.71. The Labute approximate surface area is 212 Å². The van der Waals surface area contributed by atoms with Gasteiger partial charge in [-0.3, -0.25) is 0 Å². The van der Waals surface area contributed by atoms with Gasteiger partial charge in [0.1, 0.15) is 5.82 Å². The van der Waals surface area contributed by atoms with Gasteiger partial charge < -0.3 is 10.6 Å². The molecule has 4 aromatic rings. The van der Waals surface area contributed by atoms with Crippen LogP contribution >= 0.6 is 0 Å². The molecule has 0 atom stereocenters. The van der Waals surface area contributed by atoms with E-state index in [0.717, 1.165) is 53.7 Å². The SMILES string of the molecule is Cc1ccc(S(=O)(=O)NC[C@H]2CC[C@H](Nc3nc(Nc4ccccc4)c4ccccc4n3)CC2)cc1. The molecule has 0 radical (unpaired) electrons. The highest BCUT2D eigenvalue weighted by molar-refractivity contribution is 7.89. The summed E-state index contributed by atoms with van der Waals surface area (Å²) in [5, 5.41) is 7.91. The molecule has 1 fully saturated rings. The second kappa shape index (κ2) is 10.6. The summed E-state index contributed by atoms with van der Waals surface area (Å²) in [5.74, 6) is 1.69. The van der Waals surface area contributed by atoms with Crippen LogP contribution in [0.2, 0.25) is 0 Å². The molecule has 7 nitrogen and oxygen atoms in total. The van der Waals surface area contributed by atoms with Gasteiger partial charge in [-0.2, -0.15) is 4.98 Å². The lowest BCUT2D eigenvalue weighted by Gasteiger charge is -2.29. The van der Waals surface area contributed by atoms with Crippen LogP contribution in [0.5, 0.6) is 0 Å². The molecule has 1 aromatic heterocycles. The summed E-state index contributed by atoms with van der Waals surface area (Å²) in [6, 6.07) is 25.2. The zero-order chi connectivity index (χ0) is 25.0. The lowest BCUT2D eigenvalue weighted by molar-refractivity contribution is 0.336. The lowest BCUT2D eigenvalue weighted by Crippen LogP contribution is -2.34. The standard InChI is InChI=1S/C28H31N5O2S/c1-20-11-17-24(18-12-20)36(34,35)29-19-21-13-15-23(16-14-21)31-28-32-26-10-6-5-9-25(26)27(33-28)30-22-7-3-2-4-8-22/h2-12,17-18,21,23,29H,13-16,19H2,1H3,(H2,30,31,32,33)/t21-,23-. The minimum absolute atomic E-state index is 0.251. The van der Waals surface area contributed by atoms with E-state index < -0.39 is 10.0 Å². The first-order valence-electron chi connectivity index (χ1n) is 12.4. The smallest absolute Gasteiger partial charge is 0.240 e. The molecule has 0 bridgehead atoms. The van der Waals surface area contributed by atoms with Gasteiger partial charge in [-0.15, -0.1) is 0 Å².